The molecule has 2 atom stereocenters. The number of carboxylic acid groups (broad SMARTS) is 1. The van der Waals surface area contributed by atoms with Crippen LogP contribution in [0.1, 0.15) is 10.5 Å². The first kappa shape index (κ1) is 12.0. The maximum atomic E-state index is 10.7. The summed E-state index contributed by atoms with van der Waals surface area (Å²) in [6.45, 7) is 1.55. The Balaban J connectivity index is 2.03. The van der Waals surface area contributed by atoms with Gasteiger partial charge in [0.15, 0.2) is 5.69 Å². The summed E-state index contributed by atoms with van der Waals surface area (Å²) in [4.78, 5) is 23.3. The Kier molecular flexibility index (Phi) is 3.37. The lowest BCUT2D eigenvalue weighted by Gasteiger charge is -2.23. The molecule has 9 heteroatoms. The minimum atomic E-state index is -2.34. The Morgan fingerprint density at radius 1 is 1.76 bits per heavy atom. The summed E-state index contributed by atoms with van der Waals surface area (Å²) >= 11 is 0. The lowest BCUT2D eigenvalue weighted by molar-refractivity contribution is 0.0691. The molecule has 8 nitrogen and oxygen atoms in total. The number of aromatic nitrogens is 2. The van der Waals surface area contributed by atoms with Crippen LogP contribution < -0.4 is 10.4 Å². The number of imidazole rings is 1. The zero-order chi connectivity index (χ0) is 12.4. The topological polar surface area (TPSA) is 116 Å². The molecule has 4 N–H and O–H groups in total. The normalized spacial score (nSPS) is 19.4. The van der Waals surface area contributed by atoms with Crippen LogP contribution in [0.25, 0.3) is 0 Å². The maximum Gasteiger partial charge on any atom is 0.610 e. The standard InChI is InChI=1S/C8H11N4O4P/c13-7(14)6-4-12-3-5(2-10-17(15)16)1-9-8(12)11-6/h4-5H,1-3H2,(H3-,9,10,11,13,14,15,16)/p+1. The van der Waals surface area contributed by atoms with Crippen molar-refractivity contribution in [1.82, 2.24) is 14.6 Å². The van der Waals surface area contributed by atoms with Gasteiger partial charge in [-0.05, 0) is 4.57 Å². The Labute approximate surface area is 97.6 Å². The number of hydrogen-bond donors (Lipinski definition) is 4. The number of carbonyl (C=O) groups is 1. The van der Waals surface area contributed by atoms with Crippen LogP contribution in [-0.4, -0.2) is 38.6 Å². The van der Waals surface area contributed by atoms with Crippen molar-refractivity contribution in [2.45, 2.75) is 6.54 Å². The molecule has 0 saturated heterocycles. The second kappa shape index (κ2) is 4.79. The smallest absolute Gasteiger partial charge is 0.476 e. The number of nitrogens with one attached hydrogen (secondary N) is 2. The predicted molar refractivity (Wildman–Crippen MR) is 59.0 cm³/mol. The molecule has 0 aromatic carbocycles. The van der Waals surface area contributed by atoms with E-state index in [-0.39, 0.29) is 11.6 Å². The quantitative estimate of drug-likeness (QED) is 0.556. The van der Waals surface area contributed by atoms with E-state index < -0.39 is 14.1 Å². The molecule has 0 radical (unpaired) electrons. The number of carboxylic acids is 1. The molecule has 1 aliphatic heterocycles. The summed E-state index contributed by atoms with van der Waals surface area (Å²) in [7, 11) is -2.34. The van der Waals surface area contributed by atoms with Gasteiger partial charge in [-0.15, -0.1) is 4.89 Å². The highest BCUT2D eigenvalue weighted by atomic mass is 31.1. The number of aromatic carboxylic acids is 1. The van der Waals surface area contributed by atoms with Crippen molar-refractivity contribution < 1.29 is 19.4 Å². The zero-order valence-electron chi connectivity index (χ0n) is 8.83. The Bertz CT molecular complexity index is 460. The summed E-state index contributed by atoms with van der Waals surface area (Å²) in [5.41, 5.74) is -0.00524. The molecule has 0 bridgehead atoms. The van der Waals surface area contributed by atoms with Gasteiger partial charge in [0.25, 0.3) is 0 Å². The lowest BCUT2D eigenvalue weighted by atomic mass is 10.1. The summed E-state index contributed by atoms with van der Waals surface area (Å²) < 4.78 is 12.2. The molecule has 0 spiro atoms. The third-order valence-corrected chi connectivity index (χ3v) is 2.97. The van der Waals surface area contributed by atoms with Crippen molar-refractivity contribution in [3.8, 4) is 0 Å². The summed E-state index contributed by atoms with van der Waals surface area (Å²) in [6, 6.07) is 0. The van der Waals surface area contributed by atoms with Gasteiger partial charge < -0.3 is 15.0 Å². The van der Waals surface area contributed by atoms with Crippen molar-refractivity contribution in [2.75, 3.05) is 18.4 Å². The molecular weight excluding hydrogens is 247 g/mol. The summed E-state index contributed by atoms with van der Waals surface area (Å²) in [5.74, 6) is -0.432. The van der Waals surface area contributed by atoms with Crippen LogP contribution >= 0.6 is 8.18 Å². The fraction of sp³-hybridized carbons (Fsp3) is 0.500. The Morgan fingerprint density at radius 3 is 3.18 bits per heavy atom. The average Bonchev–Trinajstić information content (AvgIpc) is 2.69. The first-order chi connectivity index (χ1) is 8.06. The van der Waals surface area contributed by atoms with E-state index in [4.69, 9.17) is 10.00 Å². The van der Waals surface area contributed by atoms with E-state index in [0.717, 1.165) is 0 Å². The predicted octanol–water partition coefficient (Wildman–Crippen LogP) is -0.138. The highest BCUT2D eigenvalue weighted by Gasteiger charge is 2.23. The van der Waals surface area contributed by atoms with E-state index >= 15 is 0 Å². The summed E-state index contributed by atoms with van der Waals surface area (Å²) in [6.07, 6.45) is 1.45. The average molecular weight is 259 g/mol. The molecule has 1 aromatic heterocycles. The van der Waals surface area contributed by atoms with Crippen molar-refractivity contribution in [1.29, 1.82) is 0 Å². The molecule has 0 saturated carbocycles. The van der Waals surface area contributed by atoms with Gasteiger partial charge in [0, 0.05) is 31.7 Å². The van der Waals surface area contributed by atoms with E-state index in [2.05, 4.69) is 15.4 Å². The maximum absolute atomic E-state index is 10.7. The van der Waals surface area contributed by atoms with Crippen LogP contribution in [0.4, 0.5) is 5.95 Å². The fourth-order valence-corrected chi connectivity index (χ4v) is 2.14. The molecule has 2 unspecified atom stereocenters. The van der Waals surface area contributed by atoms with Crippen molar-refractivity contribution >= 4 is 20.1 Å². The molecule has 17 heavy (non-hydrogen) atoms. The van der Waals surface area contributed by atoms with Crippen molar-refractivity contribution in [3.63, 3.8) is 0 Å². The van der Waals surface area contributed by atoms with Crippen LogP contribution in [0.5, 0.6) is 0 Å². The monoisotopic (exact) mass is 259 g/mol. The number of hydrogen-bond acceptors (Lipinski definition) is 4. The third kappa shape index (κ3) is 2.79. The first-order valence-corrected chi connectivity index (χ1v) is 6.21. The number of rotatable bonds is 4. The van der Waals surface area contributed by atoms with Gasteiger partial charge in [0.2, 0.25) is 5.95 Å². The Hall–Kier alpha value is -1.50. The van der Waals surface area contributed by atoms with Crippen LogP contribution in [0.2, 0.25) is 0 Å². The molecule has 2 rings (SSSR count). The van der Waals surface area contributed by atoms with Gasteiger partial charge in [0.05, 0.1) is 0 Å². The third-order valence-electron chi connectivity index (χ3n) is 2.51. The molecule has 1 aliphatic rings. The largest absolute Gasteiger partial charge is 0.610 e. The van der Waals surface area contributed by atoms with Gasteiger partial charge in [-0.1, -0.05) is 5.09 Å². The van der Waals surface area contributed by atoms with Crippen molar-refractivity contribution in [3.05, 3.63) is 11.9 Å². The summed E-state index contributed by atoms with van der Waals surface area (Å²) in [5, 5.41) is 14.2. The van der Waals surface area contributed by atoms with E-state index in [9.17, 15) is 9.36 Å². The molecule has 0 fully saturated rings. The molecule has 2 heterocycles. The van der Waals surface area contributed by atoms with Crippen LogP contribution in [-0.2, 0) is 11.1 Å². The second-order valence-corrected chi connectivity index (χ2v) is 4.65. The van der Waals surface area contributed by atoms with Crippen LogP contribution in [0.3, 0.4) is 0 Å². The van der Waals surface area contributed by atoms with Gasteiger partial charge in [-0.2, -0.15) is 0 Å². The molecule has 92 valence electrons. The molecule has 0 aliphatic carbocycles. The van der Waals surface area contributed by atoms with Gasteiger partial charge in [-0.3, -0.25) is 0 Å². The fourth-order valence-electron chi connectivity index (χ4n) is 1.72. The number of anilines is 1. The zero-order valence-corrected chi connectivity index (χ0v) is 9.72. The SMILES string of the molecule is O=C(O)c1cn2c(n1)NCC(CN[P+](=O)O)C2. The van der Waals surface area contributed by atoms with Gasteiger partial charge >= 0.3 is 14.1 Å². The van der Waals surface area contributed by atoms with E-state index in [0.29, 0.717) is 25.6 Å². The Morgan fingerprint density at radius 2 is 2.53 bits per heavy atom. The van der Waals surface area contributed by atoms with Crippen LogP contribution in [0.15, 0.2) is 6.20 Å². The van der Waals surface area contributed by atoms with Crippen molar-refractivity contribution in [2.24, 2.45) is 5.92 Å². The van der Waals surface area contributed by atoms with E-state index in [1.165, 1.54) is 6.20 Å². The lowest BCUT2D eigenvalue weighted by Crippen LogP contribution is -2.33. The number of nitrogens with zero attached hydrogens (tertiary/aromatic N) is 2. The highest BCUT2D eigenvalue weighted by molar-refractivity contribution is 7.35. The van der Waals surface area contributed by atoms with Gasteiger partial charge in [-0.25, -0.2) is 9.78 Å². The van der Waals surface area contributed by atoms with Gasteiger partial charge in [0.1, 0.15) is 0 Å². The second-order valence-electron chi connectivity index (χ2n) is 3.79. The molecule has 1 aromatic rings. The molecular formula is C8H12N4O4P+. The van der Waals surface area contributed by atoms with E-state index in [1.54, 1.807) is 4.57 Å². The minimum Gasteiger partial charge on any atom is -0.476 e. The minimum absolute atomic E-state index is 0.00524. The number of fused-ring (bicyclic) bond motifs is 1. The van der Waals surface area contributed by atoms with E-state index in [1.807, 2.05) is 0 Å². The van der Waals surface area contributed by atoms with Crippen LogP contribution in [0, 0.1) is 5.92 Å². The highest BCUT2D eigenvalue weighted by Crippen LogP contribution is 2.18. The first-order valence-electron chi connectivity index (χ1n) is 5.00. The molecule has 0 amide bonds.